The zero-order valence-corrected chi connectivity index (χ0v) is 20.3. The minimum absolute atomic E-state index is 0.192. The van der Waals surface area contributed by atoms with Gasteiger partial charge in [-0.25, -0.2) is 4.98 Å². The fraction of sp³-hybridized carbons (Fsp3) is 0.192. The SMILES string of the molecule is Cn1ccc(C(=O)Nc2sc3c(c2-c2nc4ccccc4s2)CCN(Cc2ccccc2)C3)n1. The van der Waals surface area contributed by atoms with Crippen LogP contribution in [-0.2, 0) is 26.6 Å². The normalized spacial score (nSPS) is 13.8. The van der Waals surface area contributed by atoms with Crippen LogP contribution >= 0.6 is 22.7 Å². The standard InChI is InChI=1S/C26H23N5OS2/c1-30-13-12-20(29-30)24(32)28-26-23(25-27-19-9-5-6-10-21(19)33-25)18-11-14-31(16-22(18)34-26)15-17-7-3-2-4-8-17/h2-10,12-13H,11,14-16H2,1H3,(H,28,32). The highest BCUT2D eigenvalue weighted by Crippen LogP contribution is 2.46. The van der Waals surface area contributed by atoms with Crippen LogP contribution < -0.4 is 5.32 Å². The summed E-state index contributed by atoms with van der Waals surface area (Å²) in [5.41, 5.74) is 5.10. The number of benzene rings is 2. The number of hydrogen-bond acceptors (Lipinski definition) is 6. The molecule has 170 valence electrons. The van der Waals surface area contributed by atoms with E-state index in [-0.39, 0.29) is 5.91 Å². The van der Waals surface area contributed by atoms with Gasteiger partial charge in [0.05, 0.1) is 10.2 Å². The number of fused-ring (bicyclic) bond motifs is 2. The summed E-state index contributed by atoms with van der Waals surface area (Å²) in [6.45, 7) is 2.76. The molecule has 0 bridgehead atoms. The minimum atomic E-state index is -0.192. The van der Waals surface area contributed by atoms with Crippen LogP contribution in [0.2, 0.25) is 0 Å². The molecule has 1 aliphatic rings. The fourth-order valence-electron chi connectivity index (χ4n) is 4.43. The second-order valence-electron chi connectivity index (χ2n) is 8.47. The smallest absolute Gasteiger partial charge is 0.276 e. The molecule has 0 unspecified atom stereocenters. The number of thiophene rings is 1. The molecule has 2 aromatic carbocycles. The third kappa shape index (κ3) is 4.04. The molecule has 6 rings (SSSR count). The maximum absolute atomic E-state index is 13.0. The van der Waals surface area contributed by atoms with Crippen molar-refractivity contribution in [1.29, 1.82) is 0 Å². The van der Waals surface area contributed by atoms with Crippen molar-refractivity contribution >= 4 is 43.8 Å². The monoisotopic (exact) mass is 485 g/mol. The van der Waals surface area contributed by atoms with E-state index in [2.05, 4.69) is 51.7 Å². The number of para-hydroxylation sites is 1. The molecule has 0 atom stereocenters. The molecule has 8 heteroatoms. The van der Waals surface area contributed by atoms with Gasteiger partial charge in [-0.15, -0.1) is 22.7 Å². The number of aryl methyl sites for hydroxylation is 1. The Morgan fingerprint density at radius 1 is 1.06 bits per heavy atom. The van der Waals surface area contributed by atoms with Crippen LogP contribution in [0, 0.1) is 0 Å². The quantitative estimate of drug-likeness (QED) is 0.354. The summed E-state index contributed by atoms with van der Waals surface area (Å²) >= 11 is 3.35. The number of carbonyl (C=O) groups is 1. The van der Waals surface area contributed by atoms with Gasteiger partial charge >= 0.3 is 0 Å². The molecule has 0 saturated carbocycles. The number of carbonyl (C=O) groups excluding carboxylic acids is 1. The second-order valence-corrected chi connectivity index (χ2v) is 10.6. The van der Waals surface area contributed by atoms with Gasteiger partial charge in [-0.2, -0.15) is 5.10 Å². The van der Waals surface area contributed by atoms with E-state index < -0.39 is 0 Å². The van der Waals surface area contributed by atoms with Gasteiger partial charge < -0.3 is 5.32 Å². The highest BCUT2D eigenvalue weighted by Gasteiger charge is 2.28. The van der Waals surface area contributed by atoms with E-state index >= 15 is 0 Å². The Balaban J connectivity index is 1.37. The summed E-state index contributed by atoms with van der Waals surface area (Å²) in [6.07, 6.45) is 2.72. The molecule has 34 heavy (non-hydrogen) atoms. The topological polar surface area (TPSA) is 63.1 Å². The van der Waals surface area contributed by atoms with Crippen LogP contribution in [0.25, 0.3) is 20.8 Å². The summed E-state index contributed by atoms with van der Waals surface area (Å²) in [6, 6.07) is 20.5. The maximum atomic E-state index is 13.0. The molecule has 0 saturated heterocycles. The van der Waals surface area contributed by atoms with Crippen LogP contribution in [0.4, 0.5) is 5.00 Å². The average Bonchev–Trinajstić information content (AvgIpc) is 3.55. The molecule has 0 aliphatic carbocycles. The van der Waals surface area contributed by atoms with Crippen molar-refractivity contribution in [2.24, 2.45) is 7.05 Å². The van der Waals surface area contributed by atoms with Gasteiger partial charge in [0.2, 0.25) is 0 Å². The van der Waals surface area contributed by atoms with E-state index in [1.807, 2.05) is 25.2 Å². The predicted molar refractivity (Wildman–Crippen MR) is 138 cm³/mol. The number of anilines is 1. The van der Waals surface area contributed by atoms with Crippen molar-refractivity contribution in [2.45, 2.75) is 19.5 Å². The van der Waals surface area contributed by atoms with Gasteiger partial charge in [-0.1, -0.05) is 42.5 Å². The molecular weight excluding hydrogens is 462 g/mol. The molecule has 4 heterocycles. The van der Waals surface area contributed by atoms with Crippen molar-refractivity contribution in [3.63, 3.8) is 0 Å². The Kier molecular flexibility index (Phi) is 5.49. The van der Waals surface area contributed by atoms with E-state index in [0.29, 0.717) is 5.69 Å². The summed E-state index contributed by atoms with van der Waals surface area (Å²) in [5.74, 6) is -0.192. The molecule has 1 aliphatic heterocycles. The molecule has 6 nitrogen and oxygen atoms in total. The minimum Gasteiger partial charge on any atom is -0.312 e. The van der Waals surface area contributed by atoms with Gasteiger partial charge in [0.25, 0.3) is 5.91 Å². The van der Waals surface area contributed by atoms with Crippen LogP contribution in [0.15, 0.2) is 66.9 Å². The first-order valence-corrected chi connectivity index (χ1v) is 12.8. The van der Waals surface area contributed by atoms with Gasteiger partial charge in [0, 0.05) is 43.3 Å². The molecule has 1 N–H and O–H groups in total. The van der Waals surface area contributed by atoms with E-state index in [1.165, 1.54) is 16.0 Å². The summed E-state index contributed by atoms with van der Waals surface area (Å²) < 4.78 is 2.80. The van der Waals surface area contributed by atoms with E-state index in [9.17, 15) is 4.79 Å². The zero-order chi connectivity index (χ0) is 23.1. The molecule has 0 radical (unpaired) electrons. The highest BCUT2D eigenvalue weighted by atomic mass is 32.1. The highest BCUT2D eigenvalue weighted by molar-refractivity contribution is 7.23. The Morgan fingerprint density at radius 2 is 1.88 bits per heavy atom. The molecule has 1 amide bonds. The lowest BCUT2D eigenvalue weighted by Crippen LogP contribution is -2.29. The Bertz CT molecular complexity index is 1450. The molecule has 0 fully saturated rings. The van der Waals surface area contributed by atoms with Crippen molar-refractivity contribution in [1.82, 2.24) is 19.7 Å². The number of amides is 1. The Morgan fingerprint density at radius 3 is 2.68 bits per heavy atom. The Labute approximate surface area is 205 Å². The van der Waals surface area contributed by atoms with E-state index in [1.54, 1.807) is 39.6 Å². The van der Waals surface area contributed by atoms with Crippen molar-refractivity contribution in [2.75, 3.05) is 11.9 Å². The van der Waals surface area contributed by atoms with Crippen LogP contribution in [-0.4, -0.2) is 32.1 Å². The zero-order valence-electron chi connectivity index (χ0n) is 18.7. The predicted octanol–water partition coefficient (Wildman–Crippen LogP) is 5.57. The first-order chi connectivity index (χ1) is 16.6. The Hall–Kier alpha value is -3.33. The lowest BCUT2D eigenvalue weighted by Gasteiger charge is -2.27. The third-order valence-electron chi connectivity index (χ3n) is 6.07. The van der Waals surface area contributed by atoms with Gasteiger partial charge in [-0.3, -0.25) is 14.4 Å². The average molecular weight is 486 g/mol. The number of nitrogens with zero attached hydrogens (tertiary/aromatic N) is 4. The first-order valence-electron chi connectivity index (χ1n) is 11.2. The first kappa shape index (κ1) is 21.2. The summed E-state index contributed by atoms with van der Waals surface area (Å²) in [4.78, 5) is 21.7. The third-order valence-corrected chi connectivity index (χ3v) is 8.25. The van der Waals surface area contributed by atoms with Crippen molar-refractivity contribution in [3.8, 4) is 10.6 Å². The van der Waals surface area contributed by atoms with Gasteiger partial charge in [0.1, 0.15) is 10.0 Å². The summed E-state index contributed by atoms with van der Waals surface area (Å²) in [5, 5.41) is 9.26. The van der Waals surface area contributed by atoms with E-state index in [4.69, 9.17) is 4.98 Å². The van der Waals surface area contributed by atoms with Crippen LogP contribution in [0.1, 0.15) is 26.5 Å². The number of thiazole rings is 1. The van der Waals surface area contributed by atoms with E-state index in [0.717, 1.165) is 51.8 Å². The number of rotatable bonds is 5. The molecule has 0 spiro atoms. The molecule has 3 aromatic heterocycles. The number of nitrogens with one attached hydrogen (secondary N) is 1. The number of hydrogen-bond donors (Lipinski definition) is 1. The van der Waals surface area contributed by atoms with Crippen LogP contribution in [0.3, 0.4) is 0 Å². The number of aromatic nitrogens is 3. The second kappa shape index (κ2) is 8.79. The lowest BCUT2D eigenvalue weighted by molar-refractivity contribution is 0.102. The van der Waals surface area contributed by atoms with Gasteiger partial charge in [0.15, 0.2) is 5.69 Å². The maximum Gasteiger partial charge on any atom is 0.276 e. The molecule has 5 aromatic rings. The fourth-order valence-corrected chi connectivity index (χ4v) is 6.83. The van der Waals surface area contributed by atoms with Crippen molar-refractivity contribution in [3.05, 3.63) is 88.6 Å². The van der Waals surface area contributed by atoms with Crippen molar-refractivity contribution < 1.29 is 4.79 Å². The summed E-state index contributed by atoms with van der Waals surface area (Å²) in [7, 11) is 1.81. The largest absolute Gasteiger partial charge is 0.312 e. The van der Waals surface area contributed by atoms with Gasteiger partial charge in [-0.05, 0) is 35.7 Å². The molecular formula is C26H23N5OS2. The van der Waals surface area contributed by atoms with Crippen LogP contribution in [0.5, 0.6) is 0 Å². The lowest BCUT2D eigenvalue weighted by atomic mass is 10.0.